The first-order valence-electron chi connectivity index (χ1n) is 5.61. The lowest BCUT2D eigenvalue weighted by atomic mass is 10.2. The van der Waals surface area contributed by atoms with Crippen LogP contribution < -0.4 is 5.32 Å². The second-order valence-electron chi connectivity index (χ2n) is 3.94. The van der Waals surface area contributed by atoms with E-state index in [2.05, 4.69) is 10.1 Å². The average Bonchev–Trinajstić information content (AvgIpc) is 2.55. The second kappa shape index (κ2) is 6.20. The Morgan fingerprint density at radius 1 is 1.53 bits per heavy atom. The van der Waals surface area contributed by atoms with Crippen molar-refractivity contribution in [2.45, 2.75) is 32.1 Å². The number of amides is 1. The van der Waals surface area contributed by atoms with Crippen molar-refractivity contribution in [1.29, 1.82) is 0 Å². The Balaban J connectivity index is 2.26. The summed E-state index contributed by atoms with van der Waals surface area (Å²) in [6, 6.07) is 0. The highest BCUT2D eigenvalue weighted by atomic mass is 19.4. The topological polar surface area (TPSA) is 41.6 Å². The van der Waals surface area contributed by atoms with Gasteiger partial charge in [-0.25, -0.2) is 0 Å². The van der Waals surface area contributed by atoms with E-state index in [1.165, 1.54) is 0 Å². The average molecular weight is 254 g/mol. The lowest BCUT2D eigenvalue weighted by Gasteiger charge is -2.23. The molecule has 7 heteroatoms. The third-order valence-electron chi connectivity index (χ3n) is 2.49. The molecule has 0 bridgehead atoms. The third kappa shape index (κ3) is 4.91. The lowest BCUT2D eigenvalue weighted by Crippen LogP contribution is -2.39. The first-order chi connectivity index (χ1) is 7.94. The summed E-state index contributed by atoms with van der Waals surface area (Å²) in [5.41, 5.74) is 0. The number of ether oxygens (including phenoxy) is 1. The highest BCUT2D eigenvalue weighted by Gasteiger charge is 2.30. The van der Waals surface area contributed by atoms with Crippen molar-refractivity contribution in [3.63, 3.8) is 0 Å². The van der Waals surface area contributed by atoms with Crippen LogP contribution in [0.3, 0.4) is 0 Å². The van der Waals surface area contributed by atoms with Crippen molar-refractivity contribution in [1.82, 2.24) is 10.2 Å². The summed E-state index contributed by atoms with van der Waals surface area (Å²) in [6.07, 6.45) is -2.67. The van der Waals surface area contributed by atoms with Gasteiger partial charge in [0.05, 0.1) is 19.3 Å². The maximum Gasteiger partial charge on any atom is 0.411 e. The molecule has 17 heavy (non-hydrogen) atoms. The van der Waals surface area contributed by atoms with Gasteiger partial charge in [0.15, 0.2) is 0 Å². The normalized spacial score (nSPS) is 21.3. The number of carbonyl (C=O) groups excluding carboxylic acids is 1. The van der Waals surface area contributed by atoms with Crippen molar-refractivity contribution in [2.75, 3.05) is 26.3 Å². The van der Waals surface area contributed by atoms with Gasteiger partial charge in [0.1, 0.15) is 6.61 Å². The molecule has 1 saturated heterocycles. The molecule has 100 valence electrons. The van der Waals surface area contributed by atoms with E-state index in [0.29, 0.717) is 0 Å². The molecular weight excluding hydrogens is 237 g/mol. The van der Waals surface area contributed by atoms with Crippen LogP contribution >= 0.6 is 0 Å². The highest BCUT2D eigenvalue weighted by Crippen LogP contribution is 2.15. The van der Waals surface area contributed by atoms with Crippen LogP contribution in [0.15, 0.2) is 0 Å². The van der Waals surface area contributed by atoms with Crippen molar-refractivity contribution < 1.29 is 22.7 Å². The number of alkyl halides is 3. The summed E-state index contributed by atoms with van der Waals surface area (Å²) in [7, 11) is 0. The Labute approximate surface area is 98.1 Å². The minimum atomic E-state index is -4.31. The van der Waals surface area contributed by atoms with Crippen molar-refractivity contribution in [2.24, 2.45) is 0 Å². The number of halogens is 3. The minimum Gasteiger partial charge on any atom is -0.370 e. The fourth-order valence-corrected chi connectivity index (χ4v) is 1.75. The fraction of sp³-hybridized carbons (Fsp3) is 0.900. The van der Waals surface area contributed by atoms with E-state index in [1.807, 2.05) is 6.92 Å². The molecule has 4 nitrogen and oxygen atoms in total. The molecule has 1 amide bonds. The molecule has 0 spiro atoms. The molecular formula is C10H17F3N2O2. The van der Waals surface area contributed by atoms with E-state index < -0.39 is 12.8 Å². The number of nitrogens with one attached hydrogen (secondary N) is 1. The Kier molecular flexibility index (Phi) is 5.20. The predicted molar refractivity (Wildman–Crippen MR) is 55.3 cm³/mol. The molecule has 1 fully saturated rings. The van der Waals surface area contributed by atoms with Crippen molar-refractivity contribution in [3.8, 4) is 0 Å². The summed E-state index contributed by atoms with van der Waals surface area (Å²) < 4.78 is 39.9. The van der Waals surface area contributed by atoms with E-state index in [9.17, 15) is 18.0 Å². The summed E-state index contributed by atoms with van der Waals surface area (Å²) in [5, 5.41) is 3.01. The molecule has 0 aromatic carbocycles. The molecule has 0 radical (unpaired) electrons. The maximum atomic E-state index is 11.8. The quantitative estimate of drug-likeness (QED) is 0.722. The van der Waals surface area contributed by atoms with Gasteiger partial charge in [0.25, 0.3) is 0 Å². The van der Waals surface area contributed by atoms with Crippen LogP contribution in [0.4, 0.5) is 13.2 Å². The zero-order valence-corrected chi connectivity index (χ0v) is 9.72. The maximum absolute atomic E-state index is 11.8. The molecule has 1 atom stereocenters. The first kappa shape index (κ1) is 14.2. The molecule has 1 rings (SSSR count). The number of carbonyl (C=O) groups is 1. The van der Waals surface area contributed by atoms with Gasteiger partial charge in [-0.2, -0.15) is 13.2 Å². The zero-order valence-electron chi connectivity index (χ0n) is 9.72. The Bertz CT molecular complexity index is 258. The molecule has 1 N–H and O–H groups in total. The molecule has 1 heterocycles. The standard InChI is InChI=1S/C10H17F3N2O2/c1-2-3-8-14-6-9(16)15(8)4-5-17-7-10(11,12)13/h8,14H,2-7H2,1H3. The van der Waals surface area contributed by atoms with Crippen LogP contribution in [0, 0.1) is 0 Å². The van der Waals surface area contributed by atoms with E-state index in [1.54, 1.807) is 4.90 Å². The minimum absolute atomic E-state index is 0.0676. The first-order valence-corrected chi connectivity index (χ1v) is 5.61. The number of rotatable bonds is 6. The smallest absolute Gasteiger partial charge is 0.370 e. The molecule has 0 aromatic rings. The Morgan fingerprint density at radius 2 is 2.24 bits per heavy atom. The van der Waals surface area contributed by atoms with Crippen LogP contribution in [0.25, 0.3) is 0 Å². The van der Waals surface area contributed by atoms with Crippen molar-refractivity contribution in [3.05, 3.63) is 0 Å². The van der Waals surface area contributed by atoms with E-state index in [4.69, 9.17) is 0 Å². The zero-order chi connectivity index (χ0) is 12.9. The number of nitrogens with zero attached hydrogens (tertiary/aromatic N) is 1. The van der Waals surface area contributed by atoms with Gasteiger partial charge in [0.2, 0.25) is 5.91 Å². The van der Waals surface area contributed by atoms with E-state index in [0.717, 1.165) is 12.8 Å². The van der Waals surface area contributed by atoms with Gasteiger partial charge in [-0.15, -0.1) is 0 Å². The second-order valence-corrected chi connectivity index (χ2v) is 3.94. The Morgan fingerprint density at radius 3 is 2.82 bits per heavy atom. The molecule has 0 aromatic heterocycles. The van der Waals surface area contributed by atoms with Gasteiger partial charge in [-0.05, 0) is 6.42 Å². The lowest BCUT2D eigenvalue weighted by molar-refractivity contribution is -0.174. The van der Waals surface area contributed by atoms with Crippen LogP contribution in [0.1, 0.15) is 19.8 Å². The van der Waals surface area contributed by atoms with Gasteiger partial charge < -0.3 is 9.64 Å². The monoisotopic (exact) mass is 254 g/mol. The molecule has 0 aliphatic carbocycles. The largest absolute Gasteiger partial charge is 0.411 e. The van der Waals surface area contributed by atoms with Gasteiger partial charge >= 0.3 is 6.18 Å². The molecule has 1 unspecified atom stereocenters. The summed E-state index contributed by atoms with van der Waals surface area (Å²) in [4.78, 5) is 13.0. The Hall–Kier alpha value is -0.820. The van der Waals surface area contributed by atoms with Crippen LogP contribution in [-0.2, 0) is 9.53 Å². The molecule has 1 aliphatic rings. The molecule has 1 aliphatic heterocycles. The predicted octanol–water partition coefficient (Wildman–Crippen LogP) is 1.12. The van der Waals surface area contributed by atoms with Crippen LogP contribution in [-0.4, -0.2) is 49.5 Å². The SMILES string of the molecule is CCCC1NCC(=O)N1CCOCC(F)(F)F. The van der Waals surface area contributed by atoms with E-state index in [-0.39, 0.29) is 31.8 Å². The van der Waals surface area contributed by atoms with Gasteiger partial charge in [-0.1, -0.05) is 13.3 Å². The fourth-order valence-electron chi connectivity index (χ4n) is 1.75. The van der Waals surface area contributed by atoms with Gasteiger partial charge in [-0.3, -0.25) is 10.1 Å². The highest BCUT2D eigenvalue weighted by molar-refractivity contribution is 5.80. The third-order valence-corrected chi connectivity index (χ3v) is 2.49. The van der Waals surface area contributed by atoms with Crippen LogP contribution in [0.5, 0.6) is 0 Å². The number of hydrogen-bond acceptors (Lipinski definition) is 3. The molecule has 0 saturated carbocycles. The summed E-state index contributed by atoms with van der Waals surface area (Å²) in [5.74, 6) is -0.0842. The van der Waals surface area contributed by atoms with E-state index >= 15 is 0 Å². The summed E-state index contributed by atoms with van der Waals surface area (Å²) in [6.45, 7) is 1.09. The van der Waals surface area contributed by atoms with Crippen LogP contribution in [0.2, 0.25) is 0 Å². The summed E-state index contributed by atoms with van der Waals surface area (Å²) >= 11 is 0. The van der Waals surface area contributed by atoms with Crippen molar-refractivity contribution >= 4 is 5.91 Å². The number of hydrogen-bond donors (Lipinski definition) is 1. The van der Waals surface area contributed by atoms with Gasteiger partial charge in [0, 0.05) is 6.54 Å².